The Morgan fingerprint density at radius 3 is 1.84 bits per heavy atom. The van der Waals surface area contributed by atoms with E-state index >= 15 is 0 Å². The Morgan fingerprint density at radius 1 is 0.750 bits per heavy atom. The normalized spacial score (nSPS) is 13.1. The van der Waals surface area contributed by atoms with E-state index in [9.17, 15) is 18.4 Å². The second-order valence-corrected chi connectivity index (χ2v) is 12.4. The van der Waals surface area contributed by atoms with Crippen molar-refractivity contribution in [2.45, 2.75) is 45.4 Å². The van der Waals surface area contributed by atoms with Crippen molar-refractivity contribution in [3.63, 3.8) is 0 Å². The fraction of sp³-hybridized carbons (Fsp3) is 0.235. The Bertz CT molecular complexity index is 1830. The topological polar surface area (TPSA) is 81.2 Å². The number of para-hydroxylation sites is 1. The number of aryl methyl sites for hydroxylation is 4. The van der Waals surface area contributed by atoms with Gasteiger partial charge in [0.15, 0.2) is 5.01 Å². The summed E-state index contributed by atoms with van der Waals surface area (Å²) < 4.78 is 32.5. The molecule has 5 aromatic rings. The average Bonchev–Trinajstić information content (AvgIpc) is 3.56. The van der Waals surface area contributed by atoms with Crippen LogP contribution in [0.15, 0.2) is 66.7 Å². The van der Waals surface area contributed by atoms with Crippen molar-refractivity contribution >= 4 is 40.2 Å². The Kier molecular flexibility index (Phi) is 8.90. The third-order valence-electron chi connectivity index (χ3n) is 7.48. The molecule has 0 saturated carbocycles. The molecule has 1 amide bonds. The zero-order chi connectivity index (χ0) is 30.6. The van der Waals surface area contributed by atoms with Crippen molar-refractivity contribution in [2.24, 2.45) is 0 Å². The largest absolute Gasteiger partial charge is 0.461 e. The number of thiazole rings is 2. The number of nitrogens with zero attached hydrogens (tertiary/aromatic N) is 2. The highest BCUT2D eigenvalue weighted by Gasteiger charge is 2.24. The molecule has 1 N–H and O–H groups in total. The van der Waals surface area contributed by atoms with Gasteiger partial charge in [0, 0.05) is 0 Å². The minimum atomic E-state index is -0.809. The summed E-state index contributed by atoms with van der Waals surface area (Å²) in [5.41, 5.74) is 6.36. The highest BCUT2D eigenvalue weighted by atomic mass is 32.1. The molecule has 44 heavy (non-hydrogen) atoms. The van der Waals surface area contributed by atoms with Crippen LogP contribution in [0.2, 0.25) is 0 Å². The van der Waals surface area contributed by atoms with Crippen molar-refractivity contribution in [1.82, 2.24) is 9.97 Å². The lowest BCUT2D eigenvalue weighted by atomic mass is 10.0. The van der Waals surface area contributed by atoms with Gasteiger partial charge in [-0.25, -0.2) is 23.5 Å². The summed E-state index contributed by atoms with van der Waals surface area (Å²) in [6.45, 7) is 2.20. The molecule has 10 heteroatoms. The third kappa shape index (κ3) is 6.18. The molecule has 7 rings (SSSR count). The van der Waals surface area contributed by atoms with Crippen LogP contribution in [-0.2, 0) is 30.4 Å². The summed E-state index contributed by atoms with van der Waals surface area (Å²) >= 11 is 2.72. The van der Waals surface area contributed by atoms with Crippen LogP contribution >= 0.6 is 22.7 Å². The first kappa shape index (κ1) is 29.8. The van der Waals surface area contributed by atoms with Crippen molar-refractivity contribution in [1.29, 1.82) is 0 Å². The average molecular weight is 630 g/mol. The van der Waals surface area contributed by atoms with Crippen LogP contribution in [0.3, 0.4) is 0 Å². The molecule has 2 aliphatic rings. The molecule has 2 heterocycles. The van der Waals surface area contributed by atoms with Gasteiger partial charge in [-0.3, -0.25) is 4.79 Å². The second-order valence-electron chi connectivity index (χ2n) is 10.4. The number of aromatic nitrogens is 2. The zero-order valence-corrected chi connectivity index (χ0v) is 25.6. The molecule has 0 aliphatic heterocycles. The Morgan fingerprint density at radius 2 is 1.27 bits per heavy atom. The summed E-state index contributed by atoms with van der Waals surface area (Å²) in [7, 11) is 0. The highest BCUT2D eigenvalue weighted by Crippen LogP contribution is 2.38. The maximum Gasteiger partial charge on any atom is 0.367 e. The van der Waals surface area contributed by atoms with Gasteiger partial charge in [0.2, 0.25) is 5.01 Å². The predicted octanol–water partition coefficient (Wildman–Crippen LogP) is 8.30. The van der Waals surface area contributed by atoms with Crippen LogP contribution in [-0.4, -0.2) is 28.5 Å². The number of hydrogen-bond acceptors (Lipinski definition) is 7. The molecule has 0 unspecified atom stereocenters. The Hall–Kier alpha value is -4.28. The Labute approximate surface area is 261 Å². The van der Waals surface area contributed by atoms with Gasteiger partial charge in [0.25, 0.3) is 5.91 Å². The molecular formula is C34H29F2N3O3S2. The lowest BCUT2D eigenvalue weighted by Crippen LogP contribution is -2.14. The van der Waals surface area contributed by atoms with Crippen molar-refractivity contribution < 1.29 is 23.1 Å². The standard InChI is InChI=1S/C19H14F2N2OS.C15H15NO2S/c20-13-8-4-9-14(21)16(13)23-18(24)19-22-15-10-3-6-11-5-1-2-7-12(11)17(15)25-19;1-2-18-15(17)14-16-12-9-5-7-10-6-3-4-8-11(10)13(12)19-14/h1-2,4-5,7-9H,3,6,10H2,(H,23,24);3-4,6,8H,2,5,7,9H2,1H3. The minimum Gasteiger partial charge on any atom is -0.461 e. The first-order valence-electron chi connectivity index (χ1n) is 14.5. The van der Waals surface area contributed by atoms with E-state index in [-0.39, 0.29) is 11.0 Å². The summed E-state index contributed by atoms with van der Waals surface area (Å²) in [5, 5.41) is 2.99. The smallest absolute Gasteiger partial charge is 0.367 e. The number of anilines is 1. The van der Waals surface area contributed by atoms with E-state index in [1.165, 1.54) is 45.4 Å². The number of nitrogens with one attached hydrogen (secondary N) is 1. The van der Waals surface area contributed by atoms with Crippen LogP contribution in [0.25, 0.3) is 20.9 Å². The van der Waals surface area contributed by atoms with Gasteiger partial charge in [0.05, 0.1) is 27.7 Å². The van der Waals surface area contributed by atoms with E-state index in [1.54, 1.807) is 0 Å². The molecule has 0 fully saturated rings. The number of carbonyl (C=O) groups is 2. The molecule has 0 bridgehead atoms. The zero-order valence-electron chi connectivity index (χ0n) is 24.0. The predicted molar refractivity (Wildman–Crippen MR) is 169 cm³/mol. The summed E-state index contributed by atoms with van der Waals surface area (Å²) in [6, 6.07) is 19.9. The summed E-state index contributed by atoms with van der Waals surface area (Å²) in [5.74, 6) is -2.52. The van der Waals surface area contributed by atoms with E-state index in [1.807, 2.05) is 31.2 Å². The lowest BCUT2D eigenvalue weighted by Gasteiger charge is -2.05. The fourth-order valence-corrected chi connectivity index (χ4v) is 7.57. The van der Waals surface area contributed by atoms with Crippen LogP contribution in [0.1, 0.15) is 61.9 Å². The maximum absolute atomic E-state index is 13.7. The molecule has 0 atom stereocenters. The minimum absolute atomic E-state index is 0.212. The van der Waals surface area contributed by atoms with Gasteiger partial charge < -0.3 is 10.1 Å². The molecule has 2 aliphatic carbocycles. The van der Waals surface area contributed by atoms with E-state index < -0.39 is 23.2 Å². The second kappa shape index (κ2) is 13.2. The molecule has 0 radical (unpaired) electrons. The van der Waals surface area contributed by atoms with Crippen LogP contribution in [0, 0.1) is 11.6 Å². The van der Waals surface area contributed by atoms with E-state index in [0.717, 1.165) is 77.4 Å². The first-order valence-corrected chi connectivity index (χ1v) is 16.1. The maximum atomic E-state index is 13.7. The van der Waals surface area contributed by atoms with Gasteiger partial charge in [-0.1, -0.05) is 54.6 Å². The number of amides is 1. The summed E-state index contributed by atoms with van der Waals surface area (Å²) in [6.07, 6.45) is 5.80. The number of carbonyl (C=O) groups excluding carboxylic acids is 2. The number of esters is 1. The number of benzene rings is 3. The molecular weight excluding hydrogens is 601 g/mol. The van der Waals surface area contributed by atoms with Crippen LogP contribution in [0.5, 0.6) is 0 Å². The van der Waals surface area contributed by atoms with Gasteiger partial charge in [-0.15, -0.1) is 22.7 Å². The SMILES string of the molecule is CCOC(=O)c1nc2c(s1)-c1ccccc1CCC2.O=C(Nc1c(F)cccc1F)c1nc2c(s1)-c1ccccc1CCC2. The van der Waals surface area contributed by atoms with Crippen LogP contribution in [0.4, 0.5) is 14.5 Å². The molecule has 6 nitrogen and oxygen atoms in total. The molecule has 224 valence electrons. The number of hydrogen-bond donors (Lipinski definition) is 1. The molecule has 3 aromatic carbocycles. The van der Waals surface area contributed by atoms with E-state index in [4.69, 9.17) is 4.74 Å². The number of fused-ring (bicyclic) bond motifs is 6. The number of ether oxygens (including phenoxy) is 1. The van der Waals surface area contributed by atoms with Gasteiger partial charge in [-0.05, 0) is 79.8 Å². The van der Waals surface area contributed by atoms with Crippen LogP contribution < -0.4 is 5.32 Å². The third-order valence-corrected chi connectivity index (χ3v) is 9.72. The van der Waals surface area contributed by atoms with Gasteiger partial charge in [-0.2, -0.15) is 0 Å². The Balaban J connectivity index is 0.000000162. The molecule has 2 aromatic heterocycles. The number of halogens is 2. The van der Waals surface area contributed by atoms with Gasteiger partial charge in [0.1, 0.15) is 17.3 Å². The van der Waals surface area contributed by atoms with E-state index in [2.05, 4.69) is 39.6 Å². The van der Waals surface area contributed by atoms with Crippen molar-refractivity contribution in [2.75, 3.05) is 11.9 Å². The summed E-state index contributed by atoms with van der Waals surface area (Å²) in [4.78, 5) is 35.2. The lowest BCUT2D eigenvalue weighted by molar-refractivity contribution is 0.0525. The highest BCUT2D eigenvalue weighted by molar-refractivity contribution is 7.17. The van der Waals surface area contributed by atoms with E-state index in [0.29, 0.717) is 11.6 Å². The monoisotopic (exact) mass is 629 g/mol. The van der Waals surface area contributed by atoms with Gasteiger partial charge >= 0.3 is 5.97 Å². The quantitative estimate of drug-likeness (QED) is 0.202. The molecule has 0 spiro atoms. The number of rotatable bonds is 4. The van der Waals surface area contributed by atoms with Crippen molar-refractivity contribution in [3.8, 4) is 20.9 Å². The molecule has 0 saturated heterocycles. The first-order chi connectivity index (χ1) is 21.4. The van der Waals surface area contributed by atoms with Crippen molar-refractivity contribution in [3.05, 3.63) is 111 Å². The fourth-order valence-electron chi connectivity index (χ4n) is 5.44.